The van der Waals surface area contributed by atoms with Crippen molar-refractivity contribution in [1.82, 2.24) is 0 Å². The van der Waals surface area contributed by atoms with Crippen LogP contribution < -0.4 is 0 Å². The van der Waals surface area contributed by atoms with Crippen LogP contribution in [0.1, 0.15) is 12.5 Å². The number of allylic oxidation sites excluding steroid dienone is 1. The van der Waals surface area contributed by atoms with Crippen molar-refractivity contribution in [3.63, 3.8) is 0 Å². The summed E-state index contributed by atoms with van der Waals surface area (Å²) in [7, 11) is 0. The molecular formula is C19H14. The maximum Gasteiger partial charge on any atom is -0.00208 e. The lowest BCUT2D eigenvalue weighted by molar-refractivity contribution is 1.72. The molecule has 0 amide bonds. The number of rotatable bonds is 1. The molecule has 0 N–H and O–H groups in total. The molecule has 0 aromatic heterocycles. The van der Waals surface area contributed by atoms with Crippen LogP contribution in [0.4, 0.5) is 0 Å². The summed E-state index contributed by atoms with van der Waals surface area (Å²) >= 11 is 0. The standard InChI is InChI=1S/C19H14/c1-2-4-13-7-8-16-10-9-14-5-3-6-15-11-12-17(13)19(16)18(14)15/h2-12H,1H3/b4-2+. The van der Waals surface area contributed by atoms with Crippen LogP contribution in [0.5, 0.6) is 0 Å². The molecule has 0 heterocycles. The predicted octanol–water partition coefficient (Wildman–Crippen LogP) is 5.62. The Morgan fingerprint density at radius 1 is 0.684 bits per heavy atom. The van der Waals surface area contributed by atoms with Crippen molar-refractivity contribution < 1.29 is 0 Å². The van der Waals surface area contributed by atoms with Gasteiger partial charge in [0, 0.05) is 0 Å². The maximum absolute atomic E-state index is 2.25. The first-order chi connectivity index (χ1) is 9.38. The van der Waals surface area contributed by atoms with Gasteiger partial charge in [-0.15, -0.1) is 0 Å². The molecule has 4 rings (SSSR count). The van der Waals surface area contributed by atoms with E-state index in [0.717, 1.165) is 0 Å². The summed E-state index contributed by atoms with van der Waals surface area (Å²) in [6.07, 6.45) is 4.29. The van der Waals surface area contributed by atoms with E-state index in [1.807, 2.05) is 0 Å². The average Bonchev–Trinajstić information content (AvgIpc) is 2.46. The monoisotopic (exact) mass is 242 g/mol. The third-order valence-corrected chi connectivity index (χ3v) is 3.91. The molecule has 0 radical (unpaired) electrons. The van der Waals surface area contributed by atoms with Crippen molar-refractivity contribution in [1.29, 1.82) is 0 Å². The zero-order valence-corrected chi connectivity index (χ0v) is 10.9. The lowest BCUT2D eigenvalue weighted by atomic mass is 9.92. The normalized spacial score (nSPS) is 12.3. The third kappa shape index (κ3) is 1.40. The second-order valence-electron chi connectivity index (χ2n) is 5.01. The molecule has 0 atom stereocenters. The summed E-state index contributed by atoms with van der Waals surface area (Å²) in [6, 6.07) is 19.9. The second kappa shape index (κ2) is 3.83. The van der Waals surface area contributed by atoms with E-state index < -0.39 is 0 Å². The molecule has 0 saturated heterocycles. The Hall–Kier alpha value is -2.34. The molecule has 0 aliphatic carbocycles. The first kappa shape index (κ1) is 10.6. The van der Waals surface area contributed by atoms with Crippen LogP contribution in [0.25, 0.3) is 38.4 Å². The molecule has 90 valence electrons. The average molecular weight is 242 g/mol. The van der Waals surface area contributed by atoms with E-state index in [1.54, 1.807) is 0 Å². The number of benzene rings is 4. The van der Waals surface area contributed by atoms with Crippen LogP contribution >= 0.6 is 0 Å². The topological polar surface area (TPSA) is 0 Å². The second-order valence-corrected chi connectivity index (χ2v) is 5.01. The van der Waals surface area contributed by atoms with Crippen LogP contribution in [-0.4, -0.2) is 0 Å². The van der Waals surface area contributed by atoms with Crippen LogP contribution in [0.3, 0.4) is 0 Å². The number of hydrogen-bond acceptors (Lipinski definition) is 0. The summed E-state index contributed by atoms with van der Waals surface area (Å²) in [5.74, 6) is 0. The van der Waals surface area contributed by atoms with E-state index in [1.165, 1.54) is 37.9 Å². The van der Waals surface area contributed by atoms with Gasteiger partial charge in [-0.1, -0.05) is 66.7 Å². The van der Waals surface area contributed by atoms with Gasteiger partial charge in [0.2, 0.25) is 0 Å². The highest BCUT2D eigenvalue weighted by Gasteiger charge is 2.08. The first-order valence-corrected chi connectivity index (χ1v) is 6.68. The van der Waals surface area contributed by atoms with Crippen molar-refractivity contribution in [2.75, 3.05) is 0 Å². The third-order valence-electron chi connectivity index (χ3n) is 3.91. The molecule has 4 aromatic carbocycles. The van der Waals surface area contributed by atoms with Crippen LogP contribution in [0.2, 0.25) is 0 Å². The van der Waals surface area contributed by atoms with Gasteiger partial charge < -0.3 is 0 Å². The Labute approximate surface area is 112 Å². The summed E-state index contributed by atoms with van der Waals surface area (Å²) < 4.78 is 0. The van der Waals surface area contributed by atoms with Crippen LogP contribution in [0, 0.1) is 0 Å². The minimum absolute atomic E-state index is 1.30. The Balaban J connectivity index is 2.34. The Bertz CT molecular complexity index is 897. The molecule has 0 saturated carbocycles. The van der Waals surface area contributed by atoms with Gasteiger partial charge in [0.25, 0.3) is 0 Å². The van der Waals surface area contributed by atoms with E-state index in [-0.39, 0.29) is 0 Å². The van der Waals surface area contributed by atoms with Crippen molar-refractivity contribution in [2.24, 2.45) is 0 Å². The quantitative estimate of drug-likeness (QED) is 0.380. The van der Waals surface area contributed by atoms with Gasteiger partial charge in [0.05, 0.1) is 0 Å². The van der Waals surface area contributed by atoms with Crippen molar-refractivity contribution in [3.05, 3.63) is 66.2 Å². The predicted molar refractivity (Wildman–Crippen MR) is 84.9 cm³/mol. The molecule has 0 aliphatic rings. The lowest BCUT2D eigenvalue weighted by Gasteiger charge is -2.12. The van der Waals surface area contributed by atoms with E-state index >= 15 is 0 Å². The minimum atomic E-state index is 1.30. The zero-order chi connectivity index (χ0) is 12.8. The van der Waals surface area contributed by atoms with Crippen molar-refractivity contribution in [2.45, 2.75) is 6.92 Å². The highest BCUT2D eigenvalue weighted by Crippen LogP contribution is 2.36. The molecule has 0 unspecified atom stereocenters. The fourth-order valence-electron chi connectivity index (χ4n) is 3.08. The molecule has 4 aromatic rings. The summed E-state index contributed by atoms with van der Waals surface area (Å²) in [4.78, 5) is 0. The summed E-state index contributed by atoms with van der Waals surface area (Å²) in [5.41, 5.74) is 1.30. The number of hydrogen-bond donors (Lipinski definition) is 0. The lowest BCUT2D eigenvalue weighted by Crippen LogP contribution is -1.85. The fraction of sp³-hybridized carbons (Fsp3) is 0.0526. The largest absolute Gasteiger partial charge is 0.0870 e. The summed E-state index contributed by atoms with van der Waals surface area (Å²) in [6.45, 7) is 2.07. The van der Waals surface area contributed by atoms with Gasteiger partial charge in [-0.25, -0.2) is 0 Å². The molecular weight excluding hydrogens is 228 g/mol. The van der Waals surface area contributed by atoms with E-state index in [9.17, 15) is 0 Å². The van der Waals surface area contributed by atoms with E-state index in [0.29, 0.717) is 0 Å². The van der Waals surface area contributed by atoms with Gasteiger partial charge in [-0.05, 0) is 44.8 Å². The first-order valence-electron chi connectivity index (χ1n) is 6.68. The van der Waals surface area contributed by atoms with Crippen molar-refractivity contribution >= 4 is 38.4 Å². The zero-order valence-electron chi connectivity index (χ0n) is 10.9. The van der Waals surface area contributed by atoms with Gasteiger partial charge in [0.15, 0.2) is 0 Å². The van der Waals surface area contributed by atoms with Gasteiger partial charge in [0.1, 0.15) is 0 Å². The SMILES string of the molecule is C/C=C/c1ccc2ccc3cccc4ccc1c2c34. The highest BCUT2D eigenvalue weighted by molar-refractivity contribution is 6.24. The van der Waals surface area contributed by atoms with Gasteiger partial charge in [-0.3, -0.25) is 0 Å². The van der Waals surface area contributed by atoms with Gasteiger partial charge >= 0.3 is 0 Å². The molecule has 0 nitrogen and oxygen atoms in total. The molecule has 0 spiro atoms. The van der Waals surface area contributed by atoms with Crippen molar-refractivity contribution in [3.8, 4) is 0 Å². The molecule has 0 heteroatoms. The molecule has 0 aliphatic heterocycles. The Morgan fingerprint density at radius 2 is 1.32 bits per heavy atom. The fourth-order valence-corrected chi connectivity index (χ4v) is 3.08. The smallest absolute Gasteiger partial charge is 0.00208 e. The maximum atomic E-state index is 2.25. The summed E-state index contributed by atoms with van der Waals surface area (Å²) in [5, 5.41) is 8.11. The van der Waals surface area contributed by atoms with Gasteiger partial charge in [-0.2, -0.15) is 0 Å². The highest BCUT2D eigenvalue weighted by atomic mass is 14.1. The Kier molecular flexibility index (Phi) is 2.13. The van der Waals surface area contributed by atoms with E-state index in [2.05, 4.69) is 73.7 Å². The minimum Gasteiger partial charge on any atom is -0.0870 e. The van der Waals surface area contributed by atoms with Crippen LogP contribution in [-0.2, 0) is 0 Å². The Morgan fingerprint density at radius 3 is 2.05 bits per heavy atom. The molecule has 19 heavy (non-hydrogen) atoms. The van der Waals surface area contributed by atoms with E-state index in [4.69, 9.17) is 0 Å². The van der Waals surface area contributed by atoms with Crippen LogP contribution in [0.15, 0.2) is 60.7 Å². The molecule has 0 fully saturated rings. The molecule has 0 bridgehead atoms.